The van der Waals surface area contributed by atoms with Crippen LogP contribution in [0.15, 0.2) is 47.4 Å². The molecule has 0 saturated carbocycles. The molecular weight excluding hydrogens is 312 g/mol. The lowest BCUT2D eigenvalue weighted by Gasteiger charge is -2.28. The number of rotatable bonds is 4. The van der Waals surface area contributed by atoms with Crippen molar-refractivity contribution in [3.8, 4) is 0 Å². The Morgan fingerprint density at radius 3 is 2.57 bits per heavy atom. The minimum Gasteiger partial charge on any atom is -0.294 e. The molecule has 1 aliphatic rings. The highest BCUT2D eigenvalue weighted by Crippen LogP contribution is 2.24. The van der Waals surface area contributed by atoms with E-state index >= 15 is 0 Å². The molecule has 1 aliphatic heterocycles. The highest BCUT2D eigenvalue weighted by molar-refractivity contribution is 7.84. The normalized spacial score (nSPS) is 15.9. The molecule has 2 aromatic carbocycles. The van der Waals surface area contributed by atoms with Crippen LogP contribution in [0.25, 0.3) is 0 Å². The summed E-state index contributed by atoms with van der Waals surface area (Å²) in [4.78, 5) is 13.7. The Balaban J connectivity index is 1.72. The first-order valence-corrected chi connectivity index (χ1v) is 8.99. The molecular formula is C17H18N2O3S. The maximum Gasteiger partial charge on any atom is 0.269 e. The third kappa shape index (κ3) is 3.65. The van der Waals surface area contributed by atoms with Gasteiger partial charge in [-0.05, 0) is 35.2 Å². The van der Waals surface area contributed by atoms with Crippen LogP contribution in [0.1, 0.15) is 16.7 Å². The van der Waals surface area contributed by atoms with Crippen molar-refractivity contribution in [3.05, 3.63) is 69.3 Å². The van der Waals surface area contributed by atoms with Gasteiger partial charge >= 0.3 is 0 Å². The number of benzene rings is 2. The zero-order chi connectivity index (χ0) is 16.4. The van der Waals surface area contributed by atoms with Crippen molar-refractivity contribution < 1.29 is 9.13 Å². The topological polar surface area (TPSA) is 63.5 Å². The molecule has 0 aliphatic carbocycles. The number of nitro groups is 1. The first-order chi connectivity index (χ1) is 11.0. The Morgan fingerprint density at radius 1 is 1.17 bits per heavy atom. The average Bonchev–Trinajstić information content (AvgIpc) is 2.54. The van der Waals surface area contributed by atoms with Gasteiger partial charge in [0, 0.05) is 53.7 Å². The number of nitrogens with zero attached hydrogens (tertiary/aromatic N) is 2. The fourth-order valence-electron chi connectivity index (χ4n) is 2.90. The molecule has 6 heteroatoms. The summed E-state index contributed by atoms with van der Waals surface area (Å²) < 4.78 is 11.4. The van der Waals surface area contributed by atoms with E-state index in [4.69, 9.17) is 0 Å². The standard InChI is InChI=1S/C17H18N2O3S/c1-23(22)17-6-2-13(3-7-17)11-18-9-8-14-4-5-16(19(20)21)10-15(14)12-18/h2-7,10H,8-9,11-12H2,1H3. The number of hydrogen-bond donors (Lipinski definition) is 0. The largest absolute Gasteiger partial charge is 0.294 e. The molecule has 0 N–H and O–H groups in total. The van der Waals surface area contributed by atoms with E-state index < -0.39 is 10.8 Å². The van der Waals surface area contributed by atoms with E-state index in [1.165, 1.54) is 5.56 Å². The van der Waals surface area contributed by atoms with E-state index in [0.717, 1.165) is 42.1 Å². The van der Waals surface area contributed by atoms with Crippen molar-refractivity contribution in [2.75, 3.05) is 12.8 Å². The number of non-ortho nitro benzene ring substituents is 1. The molecule has 1 heterocycles. The molecule has 0 spiro atoms. The summed E-state index contributed by atoms with van der Waals surface area (Å²) in [5.41, 5.74) is 3.55. The third-order valence-electron chi connectivity index (χ3n) is 4.15. The molecule has 5 nitrogen and oxygen atoms in total. The van der Waals surface area contributed by atoms with E-state index in [9.17, 15) is 14.3 Å². The number of fused-ring (bicyclic) bond motifs is 1. The molecule has 0 radical (unpaired) electrons. The van der Waals surface area contributed by atoms with Crippen molar-refractivity contribution in [2.24, 2.45) is 0 Å². The lowest BCUT2D eigenvalue weighted by atomic mass is 9.98. The summed E-state index contributed by atoms with van der Waals surface area (Å²) in [5, 5.41) is 10.9. The predicted molar refractivity (Wildman–Crippen MR) is 89.7 cm³/mol. The highest BCUT2D eigenvalue weighted by Gasteiger charge is 2.19. The molecule has 0 fully saturated rings. The van der Waals surface area contributed by atoms with Crippen LogP contribution < -0.4 is 0 Å². The minimum atomic E-state index is -0.958. The van der Waals surface area contributed by atoms with Gasteiger partial charge in [-0.25, -0.2) is 0 Å². The van der Waals surface area contributed by atoms with Gasteiger partial charge in [0.15, 0.2) is 0 Å². The lowest BCUT2D eigenvalue weighted by molar-refractivity contribution is -0.385. The molecule has 23 heavy (non-hydrogen) atoms. The van der Waals surface area contributed by atoms with Gasteiger partial charge in [0.1, 0.15) is 0 Å². The summed E-state index contributed by atoms with van der Waals surface area (Å²) in [6, 6.07) is 12.9. The fraction of sp³-hybridized carbons (Fsp3) is 0.294. The smallest absolute Gasteiger partial charge is 0.269 e. The fourth-order valence-corrected chi connectivity index (χ4v) is 3.41. The van der Waals surface area contributed by atoms with E-state index in [1.54, 1.807) is 18.4 Å². The molecule has 1 unspecified atom stereocenters. The van der Waals surface area contributed by atoms with Crippen LogP contribution in [0.2, 0.25) is 0 Å². The third-order valence-corrected chi connectivity index (χ3v) is 5.09. The van der Waals surface area contributed by atoms with Crippen molar-refractivity contribution >= 4 is 16.5 Å². The van der Waals surface area contributed by atoms with Crippen LogP contribution >= 0.6 is 0 Å². The SMILES string of the molecule is CS(=O)c1ccc(CN2CCc3ccc([N+](=O)[O-])cc3C2)cc1. The summed E-state index contributed by atoms with van der Waals surface area (Å²) in [7, 11) is -0.958. The van der Waals surface area contributed by atoms with Gasteiger partial charge in [-0.2, -0.15) is 0 Å². The predicted octanol–water partition coefficient (Wildman–Crippen LogP) is 2.89. The van der Waals surface area contributed by atoms with Crippen molar-refractivity contribution in [1.29, 1.82) is 0 Å². The highest BCUT2D eigenvalue weighted by atomic mass is 32.2. The van der Waals surface area contributed by atoms with Crippen LogP contribution in [0.3, 0.4) is 0 Å². The van der Waals surface area contributed by atoms with Crippen LogP contribution in [-0.2, 0) is 30.3 Å². The maximum absolute atomic E-state index is 11.4. The monoisotopic (exact) mass is 330 g/mol. The molecule has 0 amide bonds. The number of hydrogen-bond acceptors (Lipinski definition) is 4. The summed E-state index contributed by atoms with van der Waals surface area (Å²) in [6.07, 6.45) is 2.58. The molecule has 3 rings (SSSR count). The zero-order valence-corrected chi connectivity index (χ0v) is 13.7. The molecule has 0 saturated heterocycles. The van der Waals surface area contributed by atoms with Gasteiger partial charge in [-0.3, -0.25) is 19.2 Å². The Morgan fingerprint density at radius 2 is 1.91 bits per heavy atom. The second kappa shape index (κ2) is 6.60. The van der Waals surface area contributed by atoms with Gasteiger partial charge in [0.2, 0.25) is 0 Å². The van der Waals surface area contributed by atoms with Gasteiger partial charge in [-0.1, -0.05) is 18.2 Å². The van der Waals surface area contributed by atoms with Gasteiger partial charge in [-0.15, -0.1) is 0 Å². The van der Waals surface area contributed by atoms with Crippen molar-refractivity contribution in [2.45, 2.75) is 24.4 Å². The molecule has 120 valence electrons. The van der Waals surface area contributed by atoms with E-state index in [0.29, 0.717) is 0 Å². The summed E-state index contributed by atoms with van der Waals surface area (Å²) in [6.45, 7) is 2.45. The van der Waals surface area contributed by atoms with Crippen LogP contribution in [-0.4, -0.2) is 26.8 Å². The minimum absolute atomic E-state index is 0.153. The molecule has 1 atom stereocenters. The Kier molecular flexibility index (Phi) is 4.54. The Bertz CT molecular complexity index is 759. The lowest BCUT2D eigenvalue weighted by Crippen LogP contribution is -2.30. The van der Waals surface area contributed by atoms with Crippen LogP contribution in [0.4, 0.5) is 5.69 Å². The Labute approximate surface area is 137 Å². The maximum atomic E-state index is 11.4. The quantitative estimate of drug-likeness (QED) is 0.639. The van der Waals surface area contributed by atoms with Crippen molar-refractivity contribution in [3.63, 3.8) is 0 Å². The van der Waals surface area contributed by atoms with Gasteiger partial charge in [0.05, 0.1) is 4.92 Å². The molecule has 0 bridgehead atoms. The van der Waals surface area contributed by atoms with Crippen molar-refractivity contribution in [1.82, 2.24) is 4.90 Å². The molecule has 2 aromatic rings. The van der Waals surface area contributed by atoms with Crippen LogP contribution in [0, 0.1) is 10.1 Å². The first kappa shape index (κ1) is 15.8. The van der Waals surface area contributed by atoms with Gasteiger partial charge in [0.25, 0.3) is 5.69 Å². The second-order valence-corrected chi connectivity index (χ2v) is 7.15. The summed E-state index contributed by atoms with van der Waals surface area (Å²) in [5.74, 6) is 0. The first-order valence-electron chi connectivity index (χ1n) is 7.44. The second-order valence-electron chi connectivity index (χ2n) is 5.77. The Hall–Kier alpha value is -2.05. The van der Waals surface area contributed by atoms with E-state index in [-0.39, 0.29) is 10.6 Å². The summed E-state index contributed by atoms with van der Waals surface area (Å²) >= 11 is 0. The van der Waals surface area contributed by atoms with Gasteiger partial charge < -0.3 is 0 Å². The van der Waals surface area contributed by atoms with E-state index in [1.807, 2.05) is 30.3 Å². The zero-order valence-electron chi connectivity index (χ0n) is 12.9. The molecule has 0 aromatic heterocycles. The average molecular weight is 330 g/mol. The number of nitro benzene ring substituents is 1. The van der Waals surface area contributed by atoms with E-state index in [2.05, 4.69) is 4.90 Å². The van der Waals surface area contributed by atoms with Crippen LogP contribution in [0.5, 0.6) is 0 Å².